The molecule has 0 spiro atoms. The third-order valence-electron chi connectivity index (χ3n) is 6.29. The Hall–Kier alpha value is -1.30. The van der Waals surface area contributed by atoms with Crippen molar-refractivity contribution < 1.29 is 0 Å². The lowest BCUT2D eigenvalue weighted by Gasteiger charge is -2.43. The Morgan fingerprint density at radius 1 is 1.05 bits per heavy atom. The number of hydrogen-bond donors (Lipinski definition) is 0. The van der Waals surface area contributed by atoms with Crippen LogP contribution >= 0.6 is 0 Å². The molecule has 22 heavy (non-hydrogen) atoms. The third kappa shape index (κ3) is 2.37. The summed E-state index contributed by atoms with van der Waals surface area (Å²) in [5.74, 6) is 1.64. The zero-order valence-corrected chi connectivity index (χ0v) is 14.1. The molecule has 2 unspecified atom stereocenters. The first-order valence-electron chi connectivity index (χ1n) is 9.22. The van der Waals surface area contributed by atoms with Crippen LogP contribution < -0.4 is 0 Å². The Labute approximate surface area is 135 Å². The van der Waals surface area contributed by atoms with Gasteiger partial charge < -0.3 is 0 Å². The van der Waals surface area contributed by atoms with E-state index >= 15 is 0 Å². The van der Waals surface area contributed by atoms with E-state index in [0.29, 0.717) is 0 Å². The van der Waals surface area contributed by atoms with Crippen LogP contribution in [0.15, 0.2) is 41.0 Å². The zero-order chi connectivity index (χ0) is 15.1. The molecule has 0 aromatic heterocycles. The van der Waals surface area contributed by atoms with Gasteiger partial charge in [0.15, 0.2) is 0 Å². The van der Waals surface area contributed by atoms with Gasteiger partial charge in [0, 0.05) is 5.92 Å². The maximum absolute atomic E-state index is 2.39. The van der Waals surface area contributed by atoms with Crippen molar-refractivity contribution >= 4 is 5.57 Å². The highest BCUT2D eigenvalue weighted by molar-refractivity contribution is 5.70. The van der Waals surface area contributed by atoms with Crippen molar-refractivity contribution in [2.45, 2.75) is 65.2 Å². The zero-order valence-electron chi connectivity index (χ0n) is 14.1. The van der Waals surface area contributed by atoms with Gasteiger partial charge in [-0.15, -0.1) is 0 Å². The highest BCUT2D eigenvalue weighted by atomic mass is 14.4. The van der Waals surface area contributed by atoms with E-state index in [-0.39, 0.29) is 0 Å². The van der Waals surface area contributed by atoms with Crippen molar-refractivity contribution in [3.05, 3.63) is 52.1 Å². The van der Waals surface area contributed by atoms with Gasteiger partial charge in [0.05, 0.1) is 0 Å². The van der Waals surface area contributed by atoms with Crippen LogP contribution in [-0.2, 0) is 0 Å². The fraction of sp³-hybridized carbons (Fsp3) is 0.545. The summed E-state index contributed by atoms with van der Waals surface area (Å²) < 4.78 is 0. The fourth-order valence-corrected chi connectivity index (χ4v) is 5.29. The lowest BCUT2D eigenvalue weighted by molar-refractivity contribution is 0.347. The first-order chi connectivity index (χ1) is 10.7. The maximum Gasteiger partial charge on any atom is 0.00184 e. The molecule has 0 saturated heterocycles. The summed E-state index contributed by atoms with van der Waals surface area (Å²) in [6.07, 6.45) is 11.3. The maximum atomic E-state index is 2.39. The van der Waals surface area contributed by atoms with Crippen LogP contribution in [-0.4, -0.2) is 0 Å². The molecular formula is C22H28. The van der Waals surface area contributed by atoms with Crippen LogP contribution in [0.25, 0.3) is 5.57 Å². The standard InChI is InChI=1S/C22H28/c1-15-7-5-9-17(13-15)16(2)22-19-10-6-12-21(22)20-11-4-3-8-18(20)14-19/h5,7,9,13,19,21H,3-4,6,8,10-12,14H2,1-2H3/b22-16-. The first-order valence-corrected chi connectivity index (χ1v) is 9.22. The van der Waals surface area contributed by atoms with Crippen LogP contribution in [0, 0.1) is 18.8 Å². The monoisotopic (exact) mass is 292 g/mol. The number of hydrogen-bond acceptors (Lipinski definition) is 0. The largest absolute Gasteiger partial charge is 0.0698 e. The normalized spacial score (nSPS) is 30.1. The van der Waals surface area contributed by atoms with Gasteiger partial charge in [-0.3, -0.25) is 0 Å². The Kier molecular flexibility index (Phi) is 3.72. The molecule has 1 aromatic rings. The summed E-state index contributed by atoms with van der Waals surface area (Å²) in [6, 6.07) is 9.13. The van der Waals surface area contributed by atoms with Crippen molar-refractivity contribution in [2.75, 3.05) is 0 Å². The first kappa shape index (κ1) is 14.3. The molecule has 0 heteroatoms. The molecule has 2 atom stereocenters. The number of allylic oxidation sites excluding steroid dienone is 4. The summed E-state index contributed by atoms with van der Waals surface area (Å²) in [5.41, 5.74) is 9.99. The topological polar surface area (TPSA) is 0 Å². The summed E-state index contributed by atoms with van der Waals surface area (Å²) in [5, 5.41) is 0. The fourth-order valence-electron chi connectivity index (χ4n) is 5.29. The van der Waals surface area contributed by atoms with Gasteiger partial charge in [0.25, 0.3) is 0 Å². The molecule has 4 rings (SSSR count). The second-order valence-corrected chi connectivity index (χ2v) is 7.67. The number of rotatable bonds is 1. The minimum absolute atomic E-state index is 0.795. The Morgan fingerprint density at radius 2 is 1.91 bits per heavy atom. The lowest BCUT2D eigenvalue weighted by atomic mass is 9.61. The molecule has 2 bridgehead atoms. The minimum Gasteiger partial charge on any atom is -0.0698 e. The van der Waals surface area contributed by atoms with Gasteiger partial charge in [-0.05, 0) is 75.8 Å². The average Bonchev–Trinajstić information content (AvgIpc) is 2.54. The molecular weight excluding hydrogens is 264 g/mol. The van der Waals surface area contributed by atoms with E-state index in [2.05, 4.69) is 38.1 Å². The van der Waals surface area contributed by atoms with E-state index in [9.17, 15) is 0 Å². The molecule has 0 aliphatic heterocycles. The van der Waals surface area contributed by atoms with E-state index in [4.69, 9.17) is 0 Å². The number of benzene rings is 1. The molecule has 116 valence electrons. The van der Waals surface area contributed by atoms with E-state index < -0.39 is 0 Å². The van der Waals surface area contributed by atoms with Gasteiger partial charge in [-0.1, -0.05) is 53.0 Å². The molecule has 0 amide bonds. The van der Waals surface area contributed by atoms with Gasteiger partial charge in [-0.25, -0.2) is 0 Å². The van der Waals surface area contributed by atoms with E-state index in [0.717, 1.165) is 11.8 Å². The van der Waals surface area contributed by atoms with Gasteiger partial charge in [0.2, 0.25) is 0 Å². The van der Waals surface area contributed by atoms with Crippen LogP contribution in [0.3, 0.4) is 0 Å². The summed E-state index contributed by atoms with van der Waals surface area (Å²) in [7, 11) is 0. The van der Waals surface area contributed by atoms with Crippen molar-refractivity contribution in [2.24, 2.45) is 11.8 Å². The lowest BCUT2D eigenvalue weighted by Crippen LogP contribution is -2.29. The smallest absolute Gasteiger partial charge is 0.00184 e. The van der Waals surface area contributed by atoms with Gasteiger partial charge >= 0.3 is 0 Å². The van der Waals surface area contributed by atoms with Crippen LogP contribution in [0.1, 0.15) is 69.4 Å². The quantitative estimate of drug-likeness (QED) is 0.521. The van der Waals surface area contributed by atoms with E-state index in [1.807, 2.05) is 16.7 Å². The number of fused-ring (bicyclic) bond motifs is 3. The molecule has 1 aromatic carbocycles. The highest BCUT2D eigenvalue weighted by Gasteiger charge is 2.37. The molecule has 1 saturated carbocycles. The number of aryl methyl sites for hydroxylation is 1. The second kappa shape index (κ2) is 5.72. The summed E-state index contributed by atoms with van der Waals surface area (Å²) >= 11 is 0. The third-order valence-corrected chi connectivity index (χ3v) is 6.29. The molecule has 0 nitrogen and oxygen atoms in total. The van der Waals surface area contributed by atoms with Gasteiger partial charge in [-0.2, -0.15) is 0 Å². The highest BCUT2D eigenvalue weighted by Crippen LogP contribution is 2.52. The predicted molar refractivity (Wildman–Crippen MR) is 94.7 cm³/mol. The van der Waals surface area contributed by atoms with E-state index in [1.165, 1.54) is 62.5 Å². The van der Waals surface area contributed by atoms with Crippen molar-refractivity contribution in [3.63, 3.8) is 0 Å². The molecule has 0 heterocycles. The SMILES string of the molecule is C/C(=C1\C2CCCC1C1=C(CCCC1)C2)c1cccc(C)c1. The van der Waals surface area contributed by atoms with Crippen molar-refractivity contribution in [3.8, 4) is 0 Å². The minimum atomic E-state index is 0.795. The van der Waals surface area contributed by atoms with Crippen LogP contribution in [0.5, 0.6) is 0 Å². The molecule has 3 aliphatic carbocycles. The molecule has 0 radical (unpaired) electrons. The van der Waals surface area contributed by atoms with E-state index in [1.54, 1.807) is 5.57 Å². The van der Waals surface area contributed by atoms with Crippen LogP contribution in [0.4, 0.5) is 0 Å². The summed E-state index contributed by atoms with van der Waals surface area (Å²) in [4.78, 5) is 0. The van der Waals surface area contributed by atoms with Gasteiger partial charge in [0.1, 0.15) is 0 Å². The molecule has 1 fully saturated rings. The molecule has 0 N–H and O–H groups in total. The predicted octanol–water partition coefficient (Wildman–Crippen LogP) is 6.46. The average molecular weight is 292 g/mol. The summed E-state index contributed by atoms with van der Waals surface area (Å²) in [6.45, 7) is 4.61. The molecule has 3 aliphatic rings. The Morgan fingerprint density at radius 3 is 2.77 bits per heavy atom. The Balaban J connectivity index is 1.81. The Bertz CT molecular complexity index is 644. The van der Waals surface area contributed by atoms with Crippen LogP contribution in [0.2, 0.25) is 0 Å². The van der Waals surface area contributed by atoms with Crippen molar-refractivity contribution in [1.82, 2.24) is 0 Å². The van der Waals surface area contributed by atoms with Crippen molar-refractivity contribution in [1.29, 1.82) is 0 Å². The second-order valence-electron chi connectivity index (χ2n) is 7.67.